The number of rotatable bonds is 6. The second-order valence-electron chi connectivity index (χ2n) is 2.74. The molecule has 0 rings (SSSR count). The van der Waals surface area contributed by atoms with E-state index in [0.717, 1.165) is 12.8 Å². The van der Waals surface area contributed by atoms with E-state index in [0.29, 0.717) is 13.0 Å². The first-order valence-corrected chi connectivity index (χ1v) is 4.34. The predicted octanol–water partition coefficient (Wildman–Crippen LogP) is 0.806. The van der Waals surface area contributed by atoms with Gasteiger partial charge in [-0.25, -0.2) is 0 Å². The Hall–Kier alpha value is -0.830. The van der Waals surface area contributed by atoms with Crippen LogP contribution in [0.2, 0.25) is 0 Å². The van der Waals surface area contributed by atoms with Crippen molar-refractivity contribution in [2.24, 2.45) is 5.73 Å². The van der Waals surface area contributed by atoms with E-state index >= 15 is 0 Å². The maximum Gasteiger partial charge on any atom is 0.220 e. The van der Waals surface area contributed by atoms with Crippen molar-refractivity contribution < 1.29 is 4.79 Å². The molecule has 1 unspecified atom stereocenters. The predicted molar refractivity (Wildman–Crippen MR) is 50.7 cm³/mol. The molecule has 12 heavy (non-hydrogen) atoms. The number of hydrogen-bond donors (Lipinski definition) is 2. The Bertz CT molecular complexity index is 141. The van der Waals surface area contributed by atoms with E-state index < -0.39 is 0 Å². The van der Waals surface area contributed by atoms with E-state index in [1.54, 1.807) is 6.08 Å². The molecule has 3 N–H and O–H groups in total. The molecule has 0 aliphatic heterocycles. The molecule has 3 heteroatoms. The van der Waals surface area contributed by atoms with Gasteiger partial charge in [0.25, 0.3) is 0 Å². The van der Waals surface area contributed by atoms with E-state index in [1.165, 1.54) is 0 Å². The second-order valence-corrected chi connectivity index (χ2v) is 2.74. The summed E-state index contributed by atoms with van der Waals surface area (Å²) in [6.07, 6.45) is 3.87. The van der Waals surface area contributed by atoms with Gasteiger partial charge in [-0.3, -0.25) is 4.79 Å². The zero-order valence-corrected chi connectivity index (χ0v) is 7.68. The minimum Gasteiger partial charge on any atom is -0.352 e. The number of nitrogens with one attached hydrogen (secondary N) is 1. The van der Waals surface area contributed by atoms with Crippen LogP contribution in [0.25, 0.3) is 0 Å². The molecule has 1 atom stereocenters. The van der Waals surface area contributed by atoms with Gasteiger partial charge in [0.2, 0.25) is 5.91 Å². The van der Waals surface area contributed by atoms with Crippen molar-refractivity contribution in [3.63, 3.8) is 0 Å². The van der Waals surface area contributed by atoms with Gasteiger partial charge in [-0.2, -0.15) is 0 Å². The molecule has 0 heterocycles. The molecule has 0 aromatic heterocycles. The Morgan fingerprint density at radius 2 is 2.42 bits per heavy atom. The summed E-state index contributed by atoms with van der Waals surface area (Å²) >= 11 is 0. The Kier molecular flexibility index (Phi) is 6.38. The number of hydrogen-bond acceptors (Lipinski definition) is 2. The monoisotopic (exact) mass is 170 g/mol. The van der Waals surface area contributed by atoms with Gasteiger partial charge in [-0.15, -0.1) is 6.58 Å². The number of carbonyl (C=O) groups excluding carboxylic acids is 1. The largest absolute Gasteiger partial charge is 0.352 e. The molecule has 0 aliphatic rings. The molecule has 0 aromatic rings. The van der Waals surface area contributed by atoms with Crippen LogP contribution in [0.4, 0.5) is 0 Å². The van der Waals surface area contributed by atoms with Gasteiger partial charge in [0.05, 0.1) is 0 Å². The molecule has 70 valence electrons. The van der Waals surface area contributed by atoms with Gasteiger partial charge in [-0.1, -0.05) is 13.0 Å². The normalized spacial score (nSPS) is 12.2. The van der Waals surface area contributed by atoms with Crippen molar-refractivity contribution in [3.8, 4) is 0 Å². The summed E-state index contributed by atoms with van der Waals surface area (Å²) in [7, 11) is 0. The average molecular weight is 170 g/mol. The summed E-state index contributed by atoms with van der Waals surface area (Å²) in [6.45, 7) is 6.06. The van der Waals surface area contributed by atoms with Gasteiger partial charge < -0.3 is 11.1 Å². The lowest BCUT2D eigenvalue weighted by molar-refractivity contribution is -0.121. The Balaban J connectivity index is 3.58. The molecular weight excluding hydrogens is 152 g/mol. The first-order valence-electron chi connectivity index (χ1n) is 4.34. The highest BCUT2D eigenvalue weighted by Crippen LogP contribution is 1.92. The van der Waals surface area contributed by atoms with E-state index in [1.807, 2.05) is 6.92 Å². The van der Waals surface area contributed by atoms with Crippen LogP contribution in [-0.2, 0) is 4.79 Å². The van der Waals surface area contributed by atoms with Crippen molar-refractivity contribution in [1.82, 2.24) is 5.32 Å². The summed E-state index contributed by atoms with van der Waals surface area (Å²) in [5.74, 6) is 0.0622. The lowest BCUT2D eigenvalue weighted by Gasteiger charge is -2.13. The van der Waals surface area contributed by atoms with Gasteiger partial charge in [0.1, 0.15) is 0 Å². The summed E-state index contributed by atoms with van der Waals surface area (Å²) in [5.41, 5.74) is 5.43. The van der Waals surface area contributed by atoms with Gasteiger partial charge >= 0.3 is 0 Å². The topological polar surface area (TPSA) is 55.1 Å². The maximum atomic E-state index is 11.1. The third kappa shape index (κ3) is 4.91. The zero-order chi connectivity index (χ0) is 9.40. The quantitative estimate of drug-likeness (QED) is 0.579. The third-order valence-corrected chi connectivity index (χ3v) is 1.72. The molecule has 0 saturated heterocycles. The third-order valence-electron chi connectivity index (χ3n) is 1.72. The lowest BCUT2D eigenvalue weighted by Crippen LogP contribution is -2.39. The minimum atomic E-state index is 0.0622. The van der Waals surface area contributed by atoms with Crippen molar-refractivity contribution >= 4 is 5.91 Å². The fraction of sp³-hybridized carbons (Fsp3) is 0.667. The fourth-order valence-corrected chi connectivity index (χ4v) is 0.861. The Labute approximate surface area is 74.0 Å². The Morgan fingerprint density at radius 3 is 2.83 bits per heavy atom. The van der Waals surface area contributed by atoms with Crippen LogP contribution in [-0.4, -0.2) is 18.5 Å². The molecule has 0 saturated carbocycles. The number of amides is 1. The number of nitrogens with two attached hydrogens (primary N) is 1. The smallest absolute Gasteiger partial charge is 0.220 e. The van der Waals surface area contributed by atoms with Gasteiger partial charge in [0, 0.05) is 19.0 Å². The van der Waals surface area contributed by atoms with Gasteiger partial charge in [-0.05, 0) is 12.8 Å². The van der Waals surface area contributed by atoms with Crippen molar-refractivity contribution in [2.75, 3.05) is 6.54 Å². The molecule has 0 radical (unpaired) electrons. The highest BCUT2D eigenvalue weighted by atomic mass is 16.1. The lowest BCUT2D eigenvalue weighted by atomic mass is 10.2. The van der Waals surface area contributed by atoms with Crippen LogP contribution in [0, 0.1) is 0 Å². The van der Waals surface area contributed by atoms with Gasteiger partial charge in [0.15, 0.2) is 0 Å². The number of carbonyl (C=O) groups is 1. The zero-order valence-electron chi connectivity index (χ0n) is 7.68. The number of allylic oxidation sites excluding steroid dienone is 1. The van der Waals surface area contributed by atoms with Crippen molar-refractivity contribution in [3.05, 3.63) is 12.7 Å². The second kappa shape index (κ2) is 6.85. The van der Waals surface area contributed by atoms with E-state index in [9.17, 15) is 4.79 Å². The van der Waals surface area contributed by atoms with Crippen LogP contribution in [0.5, 0.6) is 0 Å². The Morgan fingerprint density at radius 1 is 1.75 bits per heavy atom. The SMILES string of the molecule is C=CCCC(=O)NC(CC)CN. The summed E-state index contributed by atoms with van der Waals surface area (Å²) in [5, 5.41) is 2.84. The fourth-order valence-electron chi connectivity index (χ4n) is 0.861. The van der Waals surface area contributed by atoms with Crippen LogP contribution < -0.4 is 11.1 Å². The average Bonchev–Trinajstić information content (AvgIpc) is 2.10. The standard InChI is InChI=1S/C9H18N2O/c1-3-5-6-9(12)11-8(4-2)7-10/h3,8H,1,4-7,10H2,2H3,(H,11,12). The van der Waals surface area contributed by atoms with E-state index in [4.69, 9.17) is 5.73 Å². The van der Waals surface area contributed by atoms with E-state index in [-0.39, 0.29) is 11.9 Å². The van der Waals surface area contributed by atoms with Crippen LogP contribution >= 0.6 is 0 Å². The summed E-state index contributed by atoms with van der Waals surface area (Å²) < 4.78 is 0. The van der Waals surface area contributed by atoms with Crippen LogP contribution in [0.1, 0.15) is 26.2 Å². The molecule has 0 bridgehead atoms. The summed E-state index contributed by atoms with van der Waals surface area (Å²) in [4.78, 5) is 11.1. The highest BCUT2D eigenvalue weighted by Gasteiger charge is 2.06. The molecule has 0 aromatic carbocycles. The van der Waals surface area contributed by atoms with Crippen LogP contribution in [0.3, 0.4) is 0 Å². The molecule has 3 nitrogen and oxygen atoms in total. The molecule has 1 amide bonds. The van der Waals surface area contributed by atoms with Crippen molar-refractivity contribution in [1.29, 1.82) is 0 Å². The molecule has 0 aliphatic carbocycles. The first kappa shape index (κ1) is 11.2. The summed E-state index contributed by atoms with van der Waals surface area (Å²) in [6, 6.07) is 0.127. The minimum absolute atomic E-state index is 0.0622. The molecule has 0 spiro atoms. The van der Waals surface area contributed by atoms with Crippen molar-refractivity contribution in [2.45, 2.75) is 32.2 Å². The highest BCUT2D eigenvalue weighted by molar-refractivity contribution is 5.76. The molecule has 0 fully saturated rings. The van der Waals surface area contributed by atoms with Crippen LogP contribution in [0.15, 0.2) is 12.7 Å². The maximum absolute atomic E-state index is 11.1. The first-order chi connectivity index (χ1) is 5.74. The molecular formula is C9H18N2O. The van der Waals surface area contributed by atoms with E-state index in [2.05, 4.69) is 11.9 Å².